The van der Waals surface area contributed by atoms with Crippen LogP contribution in [0, 0.1) is 10.1 Å². The van der Waals surface area contributed by atoms with Crippen LogP contribution in [0.1, 0.15) is 18.9 Å². The fraction of sp³-hybridized carbons (Fsp3) is 0.562. The van der Waals surface area contributed by atoms with E-state index in [-0.39, 0.29) is 17.8 Å². The maximum absolute atomic E-state index is 10.8. The lowest BCUT2D eigenvalue weighted by Gasteiger charge is -2.19. The van der Waals surface area contributed by atoms with Gasteiger partial charge in [0.25, 0.3) is 5.69 Å². The Morgan fingerprint density at radius 3 is 3.08 bits per heavy atom. The van der Waals surface area contributed by atoms with Crippen molar-refractivity contribution in [3.8, 4) is 0 Å². The van der Waals surface area contributed by atoms with Gasteiger partial charge in [-0.25, -0.2) is 0 Å². The molecule has 1 fully saturated rings. The van der Waals surface area contributed by atoms with Gasteiger partial charge in [-0.1, -0.05) is 12.1 Å². The van der Waals surface area contributed by atoms with Crippen LogP contribution in [0.2, 0.25) is 0 Å². The molecule has 2 N–H and O–H groups in total. The zero-order chi connectivity index (χ0) is 17.4. The summed E-state index contributed by atoms with van der Waals surface area (Å²) in [5, 5.41) is 17.2. The van der Waals surface area contributed by atoms with E-state index in [1.807, 2.05) is 13.0 Å². The molecule has 0 bridgehead atoms. The van der Waals surface area contributed by atoms with Gasteiger partial charge in [-0.05, 0) is 18.9 Å². The summed E-state index contributed by atoms with van der Waals surface area (Å²) < 4.78 is 11.0. The third kappa shape index (κ3) is 5.78. The molecule has 0 amide bonds. The number of nitrogens with one attached hydrogen (secondary N) is 2. The molecule has 1 aromatic carbocycles. The molecule has 1 heterocycles. The van der Waals surface area contributed by atoms with Gasteiger partial charge in [0.15, 0.2) is 5.96 Å². The van der Waals surface area contributed by atoms with Crippen molar-refractivity contribution in [2.75, 3.05) is 26.9 Å². The van der Waals surface area contributed by atoms with E-state index >= 15 is 0 Å². The van der Waals surface area contributed by atoms with Gasteiger partial charge >= 0.3 is 0 Å². The average molecular weight is 336 g/mol. The minimum atomic E-state index is -0.400. The van der Waals surface area contributed by atoms with Crippen LogP contribution in [0.3, 0.4) is 0 Å². The first-order valence-electron chi connectivity index (χ1n) is 7.98. The number of aliphatic imine (C=N–C) groups is 1. The van der Waals surface area contributed by atoms with E-state index in [0.29, 0.717) is 25.7 Å². The van der Waals surface area contributed by atoms with Crippen molar-refractivity contribution >= 4 is 11.6 Å². The number of non-ortho nitro benzene ring substituents is 1. The summed E-state index contributed by atoms with van der Waals surface area (Å²) in [6.45, 7) is 4.44. The van der Waals surface area contributed by atoms with E-state index < -0.39 is 4.92 Å². The number of ether oxygens (including phenoxy) is 2. The van der Waals surface area contributed by atoms with Gasteiger partial charge in [0.05, 0.1) is 24.2 Å². The highest BCUT2D eigenvalue weighted by Gasteiger charge is 2.17. The van der Waals surface area contributed by atoms with Gasteiger partial charge < -0.3 is 20.1 Å². The quantitative estimate of drug-likeness (QED) is 0.338. The van der Waals surface area contributed by atoms with Gasteiger partial charge in [0, 0.05) is 38.4 Å². The zero-order valence-corrected chi connectivity index (χ0v) is 14.0. The summed E-state index contributed by atoms with van der Waals surface area (Å²) in [5.41, 5.74) is 0.900. The highest BCUT2D eigenvalue weighted by atomic mass is 16.6. The van der Waals surface area contributed by atoms with Crippen LogP contribution < -0.4 is 10.6 Å². The number of nitro benzene ring substituents is 1. The summed E-state index contributed by atoms with van der Waals surface area (Å²) >= 11 is 0. The monoisotopic (exact) mass is 336 g/mol. The van der Waals surface area contributed by atoms with Crippen LogP contribution in [-0.2, 0) is 16.0 Å². The number of hydrogen-bond donors (Lipinski definition) is 2. The Kier molecular flexibility index (Phi) is 6.95. The Morgan fingerprint density at radius 2 is 2.42 bits per heavy atom. The number of nitro groups is 1. The number of rotatable bonds is 7. The summed E-state index contributed by atoms with van der Waals surface area (Å²) in [4.78, 5) is 14.6. The molecule has 24 heavy (non-hydrogen) atoms. The van der Waals surface area contributed by atoms with Crippen molar-refractivity contribution < 1.29 is 14.4 Å². The van der Waals surface area contributed by atoms with E-state index in [1.54, 1.807) is 19.2 Å². The van der Waals surface area contributed by atoms with Crippen LogP contribution in [0.25, 0.3) is 0 Å². The van der Waals surface area contributed by atoms with Gasteiger partial charge in [-0.2, -0.15) is 0 Å². The van der Waals surface area contributed by atoms with Crippen LogP contribution >= 0.6 is 0 Å². The number of nitrogens with zero attached hydrogens (tertiary/aromatic N) is 2. The molecule has 2 unspecified atom stereocenters. The van der Waals surface area contributed by atoms with Crippen molar-refractivity contribution in [1.82, 2.24) is 10.6 Å². The minimum Gasteiger partial charge on any atom is -0.379 e. The lowest BCUT2D eigenvalue weighted by atomic mass is 10.2. The molecule has 0 radical (unpaired) electrons. The van der Waals surface area contributed by atoms with Gasteiger partial charge in [-0.15, -0.1) is 0 Å². The Balaban J connectivity index is 1.77. The molecule has 2 atom stereocenters. The Labute approximate surface area is 141 Å². The van der Waals surface area contributed by atoms with E-state index in [9.17, 15) is 10.1 Å². The predicted molar refractivity (Wildman–Crippen MR) is 91.1 cm³/mol. The molecular formula is C16H24N4O4. The summed E-state index contributed by atoms with van der Waals surface area (Å²) in [5.74, 6) is 0.625. The topological polar surface area (TPSA) is 98.0 Å². The SMILES string of the molecule is CN=C(NCc1cccc([N+](=O)[O-])c1)NC(C)COC1CCOC1. The van der Waals surface area contributed by atoms with Gasteiger partial charge in [0.1, 0.15) is 0 Å². The van der Waals surface area contributed by atoms with Gasteiger partial charge in [-0.3, -0.25) is 15.1 Å². The van der Waals surface area contributed by atoms with Crippen LogP contribution in [0.5, 0.6) is 0 Å². The molecule has 0 aromatic heterocycles. The normalized spacial score (nSPS) is 19.1. The number of hydrogen-bond acceptors (Lipinski definition) is 5. The highest BCUT2D eigenvalue weighted by Crippen LogP contribution is 2.12. The summed E-state index contributed by atoms with van der Waals surface area (Å²) in [7, 11) is 1.68. The van der Waals surface area contributed by atoms with E-state index in [1.165, 1.54) is 6.07 Å². The first-order chi connectivity index (χ1) is 11.6. The number of guanidine groups is 1. The standard InChI is InChI=1S/C16H24N4O4/c1-12(10-24-15-6-7-23-11-15)19-16(17-2)18-9-13-4-3-5-14(8-13)20(21)22/h3-5,8,12,15H,6-7,9-11H2,1-2H3,(H2,17,18,19). The molecule has 8 nitrogen and oxygen atoms in total. The zero-order valence-electron chi connectivity index (χ0n) is 14.0. The maximum atomic E-state index is 10.8. The molecule has 2 rings (SSSR count). The first kappa shape index (κ1) is 18.2. The third-order valence-electron chi connectivity index (χ3n) is 3.66. The molecule has 1 aliphatic heterocycles. The van der Waals surface area contributed by atoms with E-state index in [4.69, 9.17) is 9.47 Å². The fourth-order valence-corrected chi connectivity index (χ4v) is 2.36. The van der Waals surface area contributed by atoms with Gasteiger partial charge in [0.2, 0.25) is 0 Å². The van der Waals surface area contributed by atoms with E-state index in [2.05, 4.69) is 15.6 Å². The lowest BCUT2D eigenvalue weighted by molar-refractivity contribution is -0.384. The summed E-state index contributed by atoms with van der Waals surface area (Å²) in [6.07, 6.45) is 1.11. The predicted octanol–water partition coefficient (Wildman–Crippen LogP) is 1.45. The Morgan fingerprint density at radius 1 is 1.58 bits per heavy atom. The van der Waals surface area contributed by atoms with Crippen molar-refractivity contribution in [3.05, 3.63) is 39.9 Å². The average Bonchev–Trinajstić information content (AvgIpc) is 3.10. The Hall–Kier alpha value is -2.19. The molecule has 0 aliphatic carbocycles. The molecule has 1 saturated heterocycles. The second-order valence-corrected chi connectivity index (χ2v) is 5.72. The lowest BCUT2D eigenvalue weighted by Crippen LogP contribution is -2.44. The van der Waals surface area contributed by atoms with Crippen molar-refractivity contribution in [2.24, 2.45) is 4.99 Å². The summed E-state index contributed by atoms with van der Waals surface area (Å²) in [6, 6.07) is 6.61. The fourth-order valence-electron chi connectivity index (χ4n) is 2.36. The first-order valence-corrected chi connectivity index (χ1v) is 7.98. The van der Waals surface area contributed by atoms with Crippen LogP contribution in [-0.4, -0.2) is 49.9 Å². The van der Waals surface area contributed by atoms with Crippen molar-refractivity contribution in [2.45, 2.75) is 32.0 Å². The third-order valence-corrected chi connectivity index (χ3v) is 3.66. The minimum absolute atomic E-state index is 0.0813. The second-order valence-electron chi connectivity index (χ2n) is 5.72. The second kappa shape index (κ2) is 9.19. The molecule has 1 aliphatic rings. The molecule has 1 aromatic rings. The van der Waals surface area contributed by atoms with Crippen LogP contribution in [0.4, 0.5) is 5.69 Å². The molecular weight excluding hydrogens is 312 g/mol. The van der Waals surface area contributed by atoms with Crippen molar-refractivity contribution in [1.29, 1.82) is 0 Å². The highest BCUT2D eigenvalue weighted by molar-refractivity contribution is 5.79. The van der Waals surface area contributed by atoms with E-state index in [0.717, 1.165) is 18.6 Å². The smallest absolute Gasteiger partial charge is 0.269 e. The Bertz CT molecular complexity index is 573. The molecule has 132 valence electrons. The largest absolute Gasteiger partial charge is 0.379 e. The maximum Gasteiger partial charge on any atom is 0.269 e. The van der Waals surface area contributed by atoms with Crippen molar-refractivity contribution in [3.63, 3.8) is 0 Å². The number of benzene rings is 1. The van der Waals surface area contributed by atoms with Crippen LogP contribution in [0.15, 0.2) is 29.3 Å². The molecule has 0 spiro atoms. The molecule has 0 saturated carbocycles. The molecule has 8 heteroatoms.